The van der Waals surface area contributed by atoms with E-state index in [0.29, 0.717) is 0 Å². The van der Waals surface area contributed by atoms with Crippen molar-refractivity contribution >= 4 is 16.6 Å². The number of hydrogen-bond donors (Lipinski definition) is 0. The summed E-state index contributed by atoms with van der Waals surface area (Å²) >= 11 is 0. The van der Waals surface area contributed by atoms with E-state index in [1.54, 1.807) is 16.7 Å². The first-order chi connectivity index (χ1) is 13.9. The highest BCUT2D eigenvalue weighted by Gasteiger charge is 2.42. The standard InChI is InChI=1S/C27H50O2Si2/c1-21(17-19-28-30(9,10)25(2,3)4)23-15-16-24-22(14-13-18-27(23,24)8)20-29-31(11,12)26(5,6)7/h13-14H,15-20H2,1-12H3/b23-21-. The predicted octanol–water partition coefficient (Wildman–Crippen LogP) is 8.79. The van der Waals surface area contributed by atoms with Gasteiger partial charge in [0.2, 0.25) is 0 Å². The lowest BCUT2D eigenvalue weighted by atomic mass is 9.72. The van der Waals surface area contributed by atoms with Crippen LogP contribution in [0, 0.1) is 5.41 Å². The van der Waals surface area contributed by atoms with E-state index >= 15 is 0 Å². The fourth-order valence-electron chi connectivity index (χ4n) is 4.40. The van der Waals surface area contributed by atoms with Crippen LogP contribution in [0.15, 0.2) is 34.4 Å². The van der Waals surface area contributed by atoms with Gasteiger partial charge in [0.1, 0.15) is 0 Å². The minimum atomic E-state index is -1.74. The van der Waals surface area contributed by atoms with E-state index in [1.165, 1.54) is 18.4 Å². The second-order valence-corrected chi connectivity index (χ2v) is 22.7. The van der Waals surface area contributed by atoms with Crippen LogP contribution in [0.4, 0.5) is 0 Å². The van der Waals surface area contributed by atoms with Gasteiger partial charge in [0, 0.05) is 12.0 Å². The van der Waals surface area contributed by atoms with Crippen LogP contribution in [0.25, 0.3) is 0 Å². The molecule has 2 aliphatic rings. The first-order valence-electron chi connectivity index (χ1n) is 12.3. The van der Waals surface area contributed by atoms with E-state index in [4.69, 9.17) is 8.85 Å². The van der Waals surface area contributed by atoms with Crippen molar-refractivity contribution in [2.24, 2.45) is 5.41 Å². The molecule has 1 saturated carbocycles. The smallest absolute Gasteiger partial charge is 0.192 e. The van der Waals surface area contributed by atoms with Gasteiger partial charge in [0.25, 0.3) is 0 Å². The maximum atomic E-state index is 6.61. The molecular weight excluding hydrogens is 412 g/mol. The van der Waals surface area contributed by atoms with Crippen molar-refractivity contribution in [2.75, 3.05) is 13.2 Å². The van der Waals surface area contributed by atoms with Gasteiger partial charge in [-0.1, -0.05) is 77.3 Å². The zero-order valence-electron chi connectivity index (χ0n) is 22.7. The molecule has 4 heteroatoms. The predicted molar refractivity (Wildman–Crippen MR) is 142 cm³/mol. The highest BCUT2D eigenvalue weighted by atomic mass is 28.4. The van der Waals surface area contributed by atoms with E-state index < -0.39 is 16.6 Å². The zero-order chi connectivity index (χ0) is 23.9. The topological polar surface area (TPSA) is 18.5 Å². The monoisotopic (exact) mass is 462 g/mol. The van der Waals surface area contributed by atoms with Gasteiger partial charge in [-0.05, 0) is 74.4 Å². The van der Waals surface area contributed by atoms with Gasteiger partial charge in [-0.15, -0.1) is 0 Å². The van der Waals surface area contributed by atoms with Gasteiger partial charge in [-0.2, -0.15) is 0 Å². The second-order valence-electron chi connectivity index (χ2n) is 13.1. The maximum Gasteiger partial charge on any atom is 0.192 e. The molecule has 1 unspecified atom stereocenters. The normalized spacial score (nSPS) is 24.6. The van der Waals surface area contributed by atoms with Crippen LogP contribution in [0.5, 0.6) is 0 Å². The van der Waals surface area contributed by atoms with Crippen LogP contribution >= 0.6 is 0 Å². The van der Waals surface area contributed by atoms with Crippen molar-refractivity contribution in [1.29, 1.82) is 0 Å². The number of allylic oxidation sites excluding steroid dienone is 3. The number of rotatable bonds is 7. The van der Waals surface area contributed by atoms with E-state index in [-0.39, 0.29) is 15.5 Å². The van der Waals surface area contributed by atoms with Crippen molar-refractivity contribution in [3.8, 4) is 0 Å². The Bertz CT molecular complexity index is 757. The van der Waals surface area contributed by atoms with Crippen LogP contribution in [0.1, 0.15) is 81.1 Å². The molecule has 178 valence electrons. The Kier molecular flexibility index (Phi) is 7.85. The second kappa shape index (κ2) is 9.08. The van der Waals surface area contributed by atoms with Gasteiger partial charge in [-0.25, -0.2) is 0 Å². The largest absolute Gasteiger partial charge is 0.417 e. The third kappa shape index (κ3) is 5.74. The Balaban J connectivity index is 2.15. The Morgan fingerprint density at radius 1 is 0.935 bits per heavy atom. The van der Waals surface area contributed by atoms with Crippen molar-refractivity contribution in [3.63, 3.8) is 0 Å². The molecule has 1 fully saturated rings. The van der Waals surface area contributed by atoms with Crippen molar-refractivity contribution in [3.05, 3.63) is 34.4 Å². The molecular formula is C27H50O2Si2. The Morgan fingerprint density at radius 3 is 2.03 bits per heavy atom. The summed E-state index contributed by atoms with van der Waals surface area (Å²) in [5.41, 5.74) is 6.47. The zero-order valence-corrected chi connectivity index (χ0v) is 24.7. The Hall–Kier alpha value is -0.426. The molecule has 0 N–H and O–H groups in total. The lowest BCUT2D eigenvalue weighted by Gasteiger charge is -2.38. The summed E-state index contributed by atoms with van der Waals surface area (Å²) in [5, 5.41) is 0.526. The van der Waals surface area contributed by atoms with Crippen molar-refractivity contribution < 1.29 is 8.85 Å². The van der Waals surface area contributed by atoms with Crippen molar-refractivity contribution in [2.45, 2.75) is 117 Å². The SMILES string of the molecule is C/C(CCO[Si](C)(C)C(C)(C)C)=C1\CCC2=C(CO[Si](C)(C)C(C)(C)C)C=CCC21C. The summed E-state index contributed by atoms with van der Waals surface area (Å²) in [6, 6.07) is 0. The minimum absolute atomic E-state index is 0.182. The van der Waals surface area contributed by atoms with E-state index in [9.17, 15) is 0 Å². The molecule has 0 aromatic carbocycles. The molecule has 0 aliphatic heterocycles. The van der Waals surface area contributed by atoms with Crippen molar-refractivity contribution in [1.82, 2.24) is 0 Å². The number of fused-ring (bicyclic) bond motifs is 1. The summed E-state index contributed by atoms with van der Waals surface area (Å²) in [7, 11) is -3.42. The van der Waals surface area contributed by atoms with E-state index in [0.717, 1.165) is 26.1 Å². The molecule has 0 aromatic rings. The first kappa shape index (κ1) is 26.8. The van der Waals surface area contributed by atoms with E-state index in [1.807, 2.05) is 0 Å². The Morgan fingerprint density at radius 2 is 1.48 bits per heavy atom. The van der Waals surface area contributed by atoms with Gasteiger partial charge < -0.3 is 8.85 Å². The highest BCUT2D eigenvalue weighted by molar-refractivity contribution is 6.74. The molecule has 31 heavy (non-hydrogen) atoms. The quantitative estimate of drug-likeness (QED) is 0.278. The molecule has 0 bridgehead atoms. The van der Waals surface area contributed by atoms with Gasteiger partial charge in [0.05, 0.1) is 6.61 Å². The molecule has 2 nitrogen and oxygen atoms in total. The average molecular weight is 463 g/mol. The molecule has 0 heterocycles. The fraction of sp³-hybridized carbons (Fsp3) is 0.778. The Labute approximate surface area is 195 Å². The van der Waals surface area contributed by atoms with Crippen LogP contribution in [0.3, 0.4) is 0 Å². The highest BCUT2D eigenvalue weighted by Crippen LogP contribution is 2.54. The van der Waals surface area contributed by atoms with Crippen LogP contribution in [0.2, 0.25) is 36.3 Å². The fourth-order valence-corrected chi connectivity index (χ4v) is 6.40. The lowest BCUT2D eigenvalue weighted by Crippen LogP contribution is -2.41. The summed E-state index contributed by atoms with van der Waals surface area (Å²) in [6.07, 6.45) is 9.31. The molecule has 2 rings (SSSR count). The summed E-state index contributed by atoms with van der Waals surface area (Å²) in [6.45, 7) is 29.8. The minimum Gasteiger partial charge on any atom is -0.417 e. The molecule has 0 spiro atoms. The van der Waals surface area contributed by atoms with Gasteiger partial charge in [0.15, 0.2) is 16.6 Å². The maximum absolute atomic E-state index is 6.61. The molecule has 0 amide bonds. The van der Waals surface area contributed by atoms with Gasteiger partial charge in [-0.3, -0.25) is 0 Å². The third-order valence-electron chi connectivity index (χ3n) is 8.85. The van der Waals surface area contributed by atoms with Crippen LogP contribution < -0.4 is 0 Å². The molecule has 1 atom stereocenters. The van der Waals surface area contributed by atoms with Crippen LogP contribution in [-0.4, -0.2) is 29.8 Å². The number of hydrogen-bond acceptors (Lipinski definition) is 2. The molecule has 0 radical (unpaired) electrons. The molecule has 2 aliphatic carbocycles. The summed E-state index contributed by atoms with van der Waals surface area (Å²) in [4.78, 5) is 0. The van der Waals surface area contributed by atoms with E-state index in [2.05, 4.69) is 93.7 Å². The first-order valence-corrected chi connectivity index (χ1v) is 18.1. The summed E-state index contributed by atoms with van der Waals surface area (Å²) < 4.78 is 13.1. The van der Waals surface area contributed by atoms with Gasteiger partial charge >= 0.3 is 0 Å². The molecule has 0 aromatic heterocycles. The summed E-state index contributed by atoms with van der Waals surface area (Å²) in [5.74, 6) is 0. The third-order valence-corrected chi connectivity index (χ3v) is 17.9. The van der Waals surface area contributed by atoms with Crippen LogP contribution in [-0.2, 0) is 8.85 Å². The molecule has 0 saturated heterocycles. The average Bonchev–Trinajstić information content (AvgIpc) is 2.95. The lowest BCUT2D eigenvalue weighted by molar-refractivity contribution is 0.290.